The summed E-state index contributed by atoms with van der Waals surface area (Å²) < 4.78 is 0. The van der Waals surface area contributed by atoms with E-state index in [1.807, 2.05) is 13.0 Å². The quantitative estimate of drug-likeness (QED) is 0.542. The van der Waals surface area contributed by atoms with Gasteiger partial charge in [0.2, 0.25) is 0 Å². The lowest BCUT2D eigenvalue weighted by Crippen LogP contribution is -2.63. The van der Waals surface area contributed by atoms with Crippen LogP contribution in [0.4, 0.5) is 0 Å². The van der Waals surface area contributed by atoms with E-state index in [-0.39, 0.29) is 42.8 Å². The van der Waals surface area contributed by atoms with E-state index in [0.29, 0.717) is 12.8 Å². The van der Waals surface area contributed by atoms with Gasteiger partial charge < -0.3 is 20.4 Å². The average Bonchev–Trinajstić information content (AvgIpc) is 2.87. The zero-order chi connectivity index (χ0) is 22.1. The van der Waals surface area contributed by atoms with Gasteiger partial charge in [0, 0.05) is 23.2 Å². The number of aliphatic carboxylic acids is 1. The van der Waals surface area contributed by atoms with E-state index < -0.39 is 46.8 Å². The molecule has 4 N–H and O–H groups in total. The Kier molecular flexibility index (Phi) is 4.88. The SMILES string of the molecule is C[C@]12C=CC(=O)C=C1CC[C@@H]1[C@@H]2C(O)C[C@@]2(C)[C@H]1CC(O)[C@]2(O)C(=O)CCC(=O)O. The van der Waals surface area contributed by atoms with Gasteiger partial charge in [-0.25, -0.2) is 0 Å². The monoisotopic (exact) mass is 418 g/mol. The molecule has 0 saturated heterocycles. The van der Waals surface area contributed by atoms with Crippen LogP contribution in [0.25, 0.3) is 0 Å². The van der Waals surface area contributed by atoms with E-state index >= 15 is 0 Å². The molecule has 0 heterocycles. The number of hydrogen-bond acceptors (Lipinski definition) is 6. The Bertz CT molecular complexity index is 860. The average molecular weight is 418 g/mol. The number of hydrogen-bond donors (Lipinski definition) is 4. The fourth-order valence-electron chi connectivity index (χ4n) is 7.25. The minimum absolute atomic E-state index is 0.0327. The second kappa shape index (κ2) is 6.84. The van der Waals surface area contributed by atoms with Gasteiger partial charge in [-0.2, -0.15) is 0 Å². The summed E-state index contributed by atoms with van der Waals surface area (Å²) in [6.07, 6.45) is 3.95. The number of carboxylic acids is 1. The number of fused-ring (bicyclic) bond motifs is 5. The third-order valence-electron chi connectivity index (χ3n) is 8.71. The molecule has 8 atom stereocenters. The van der Waals surface area contributed by atoms with Crippen LogP contribution in [0, 0.1) is 28.6 Å². The molecule has 7 heteroatoms. The largest absolute Gasteiger partial charge is 0.481 e. The molecule has 0 aliphatic heterocycles. The van der Waals surface area contributed by atoms with Crippen molar-refractivity contribution in [2.24, 2.45) is 28.6 Å². The van der Waals surface area contributed by atoms with Gasteiger partial charge in [0.25, 0.3) is 0 Å². The molecule has 0 aromatic carbocycles. The molecule has 0 radical (unpaired) electrons. The number of ketones is 2. The number of allylic oxidation sites excluding steroid dienone is 4. The maximum absolute atomic E-state index is 12.9. The van der Waals surface area contributed by atoms with E-state index in [9.17, 15) is 29.7 Å². The van der Waals surface area contributed by atoms with Gasteiger partial charge in [-0.3, -0.25) is 14.4 Å². The van der Waals surface area contributed by atoms with Crippen molar-refractivity contribution in [1.82, 2.24) is 0 Å². The molecule has 3 saturated carbocycles. The first-order valence-corrected chi connectivity index (χ1v) is 10.7. The summed E-state index contributed by atoms with van der Waals surface area (Å²) in [5, 5.41) is 42.5. The summed E-state index contributed by atoms with van der Waals surface area (Å²) in [7, 11) is 0. The number of carboxylic acid groups (broad SMARTS) is 1. The van der Waals surface area contributed by atoms with Gasteiger partial charge in [-0.05, 0) is 49.7 Å². The number of carbonyl (C=O) groups excluding carboxylic acids is 2. The lowest BCUT2D eigenvalue weighted by atomic mass is 9.46. The molecular formula is C23H30O7. The zero-order valence-corrected chi connectivity index (χ0v) is 17.4. The highest BCUT2D eigenvalue weighted by Crippen LogP contribution is 2.67. The summed E-state index contributed by atoms with van der Waals surface area (Å²) in [4.78, 5) is 35.7. The maximum Gasteiger partial charge on any atom is 0.303 e. The molecule has 164 valence electrons. The Morgan fingerprint density at radius 1 is 1.20 bits per heavy atom. The molecule has 4 aliphatic rings. The van der Waals surface area contributed by atoms with Crippen LogP contribution in [0.15, 0.2) is 23.8 Å². The molecule has 0 aromatic rings. The summed E-state index contributed by atoms with van der Waals surface area (Å²) in [6.45, 7) is 3.78. The highest BCUT2D eigenvalue weighted by atomic mass is 16.4. The van der Waals surface area contributed by atoms with Crippen molar-refractivity contribution >= 4 is 17.5 Å². The second-order valence-electron chi connectivity index (χ2n) is 10.0. The van der Waals surface area contributed by atoms with Gasteiger partial charge in [0.05, 0.1) is 18.6 Å². The molecule has 4 aliphatic carbocycles. The minimum atomic E-state index is -2.07. The van der Waals surface area contributed by atoms with Crippen molar-refractivity contribution in [3.05, 3.63) is 23.8 Å². The summed E-state index contributed by atoms with van der Waals surface area (Å²) in [5.41, 5.74) is -2.59. The van der Waals surface area contributed by atoms with E-state index in [2.05, 4.69) is 0 Å². The smallest absolute Gasteiger partial charge is 0.303 e. The molecule has 0 aromatic heterocycles. The van der Waals surface area contributed by atoms with Gasteiger partial charge in [0.1, 0.15) is 0 Å². The Morgan fingerprint density at radius 3 is 2.57 bits per heavy atom. The first-order chi connectivity index (χ1) is 13.9. The predicted octanol–water partition coefficient (Wildman–Crippen LogP) is 1.40. The highest BCUT2D eigenvalue weighted by molar-refractivity contribution is 6.01. The van der Waals surface area contributed by atoms with Crippen LogP contribution >= 0.6 is 0 Å². The van der Waals surface area contributed by atoms with Crippen LogP contribution in [0.5, 0.6) is 0 Å². The van der Waals surface area contributed by atoms with E-state index in [1.165, 1.54) is 0 Å². The molecule has 0 amide bonds. The summed E-state index contributed by atoms with van der Waals surface area (Å²) >= 11 is 0. The Balaban J connectivity index is 1.70. The topological polar surface area (TPSA) is 132 Å². The van der Waals surface area contributed by atoms with Crippen molar-refractivity contribution in [1.29, 1.82) is 0 Å². The van der Waals surface area contributed by atoms with Crippen molar-refractivity contribution in [2.75, 3.05) is 0 Å². The number of aliphatic hydroxyl groups is 3. The van der Waals surface area contributed by atoms with Crippen LogP contribution in [-0.2, 0) is 14.4 Å². The second-order valence-corrected chi connectivity index (χ2v) is 10.0. The lowest BCUT2D eigenvalue weighted by molar-refractivity contribution is -0.188. The molecule has 7 nitrogen and oxygen atoms in total. The third kappa shape index (κ3) is 2.71. The molecule has 2 unspecified atom stereocenters. The third-order valence-corrected chi connectivity index (χ3v) is 8.71. The summed E-state index contributed by atoms with van der Waals surface area (Å²) in [6, 6.07) is 0. The summed E-state index contributed by atoms with van der Waals surface area (Å²) in [5.74, 6) is -2.25. The number of carbonyl (C=O) groups is 3. The first-order valence-electron chi connectivity index (χ1n) is 10.7. The van der Waals surface area contributed by atoms with Crippen LogP contribution < -0.4 is 0 Å². The molecule has 0 spiro atoms. The molecule has 3 fully saturated rings. The fourth-order valence-corrected chi connectivity index (χ4v) is 7.25. The zero-order valence-electron chi connectivity index (χ0n) is 17.4. The standard InChI is InChI=1S/C23H30O7/c1-21-8-7-13(24)9-12(21)3-4-14-15-10-18(27)23(30,17(26)5-6-19(28)29)22(15,2)11-16(25)20(14)21/h7-9,14-16,18,20,25,27,30H,3-6,10-11H2,1-2H3,(H,28,29)/t14-,15-,16?,18?,20+,21-,22-,23+/m0/s1. The first kappa shape index (κ1) is 21.4. The fraction of sp³-hybridized carbons (Fsp3) is 0.696. The van der Waals surface area contributed by atoms with Crippen molar-refractivity contribution < 1.29 is 34.8 Å². The van der Waals surface area contributed by atoms with Crippen molar-refractivity contribution in [3.63, 3.8) is 0 Å². The molecule has 4 rings (SSSR count). The Labute approximate surface area is 175 Å². The predicted molar refractivity (Wildman–Crippen MR) is 106 cm³/mol. The van der Waals surface area contributed by atoms with Crippen molar-refractivity contribution in [3.8, 4) is 0 Å². The van der Waals surface area contributed by atoms with Crippen LogP contribution in [0.1, 0.15) is 52.4 Å². The van der Waals surface area contributed by atoms with E-state index in [1.54, 1.807) is 19.1 Å². The van der Waals surface area contributed by atoms with Gasteiger partial charge >= 0.3 is 5.97 Å². The lowest BCUT2D eigenvalue weighted by Gasteiger charge is -2.59. The van der Waals surface area contributed by atoms with Crippen molar-refractivity contribution in [2.45, 2.75) is 70.2 Å². The molecule has 30 heavy (non-hydrogen) atoms. The normalized spacial score (nSPS) is 47.2. The van der Waals surface area contributed by atoms with Crippen LogP contribution in [0.2, 0.25) is 0 Å². The molecular weight excluding hydrogens is 388 g/mol. The molecule has 0 bridgehead atoms. The van der Waals surface area contributed by atoms with E-state index in [4.69, 9.17) is 5.11 Å². The maximum atomic E-state index is 12.9. The highest BCUT2D eigenvalue weighted by Gasteiger charge is 2.71. The van der Waals surface area contributed by atoms with Gasteiger partial charge in [0.15, 0.2) is 17.2 Å². The Hall–Kier alpha value is -1.83. The number of Topliss-reactive ketones (excluding diaryl/α,β-unsaturated/α-hetero) is 1. The van der Waals surface area contributed by atoms with Crippen LogP contribution in [0.3, 0.4) is 0 Å². The van der Waals surface area contributed by atoms with Crippen LogP contribution in [-0.4, -0.2) is 55.8 Å². The van der Waals surface area contributed by atoms with E-state index in [0.717, 1.165) is 5.57 Å². The van der Waals surface area contributed by atoms with Gasteiger partial charge in [-0.15, -0.1) is 0 Å². The Morgan fingerprint density at radius 2 is 1.90 bits per heavy atom. The van der Waals surface area contributed by atoms with Gasteiger partial charge in [-0.1, -0.05) is 25.5 Å². The number of aliphatic hydroxyl groups excluding tert-OH is 2. The number of rotatable bonds is 4. The minimum Gasteiger partial charge on any atom is -0.481 e.